The fourth-order valence-electron chi connectivity index (χ4n) is 1.58. The molecule has 0 aliphatic heterocycles. The van der Waals surface area contributed by atoms with Crippen LogP contribution in [0.25, 0.3) is 6.08 Å². The Hall–Kier alpha value is -1.09. The summed E-state index contributed by atoms with van der Waals surface area (Å²) >= 11 is 0. The molecule has 3 heteroatoms. The highest BCUT2D eigenvalue weighted by atomic mass is 15.0. The second-order valence-corrected chi connectivity index (χ2v) is 5.36. The predicted molar refractivity (Wildman–Crippen MR) is 73.9 cm³/mol. The van der Waals surface area contributed by atoms with Gasteiger partial charge in [0.05, 0.1) is 18.2 Å². The first-order chi connectivity index (χ1) is 7.96. The van der Waals surface area contributed by atoms with Crippen LogP contribution >= 0.6 is 0 Å². The number of hydrogen-bond acceptors (Lipinski definition) is 2. The van der Waals surface area contributed by atoms with Crippen LogP contribution in [0.4, 0.5) is 0 Å². The van der Waals surface area contributed by atoms with Gasteiger partial charge in [-0.25, -0.2) is 4.98 Å². The quantitative estimate of drug-likeness (QED) is 0.850. The molecular formula is C14H25N3. The third-order valence-electron chi connectivity index (χ3n) is 2.74. The Kier molecular flexibility index (Phi) is 4.94. The van der Waals surface area contributed by atoms with Crippen LogP contribution in [0.5, 0.6) is 0 Å². The molecule has 0 saturated carbocycles. The van der Waals surface area contributed by atoms with Crippen LogP contribution in [0.15, 0.2) is 18.1 Å². The molecule has 0 amide bonds. The zero-order chi connectivity index (χ0) is 12.9. The Bertz CT molecular complexity index is 369. The fraction of sp³-hybridized carbons (Fsp3) is 0.643. The van der Waals surface area contributed by atoms with Crippen LogP contribution in [0.2, 0.25) is 0 Å². The van der Waals surface area contributed by atoms with E-state index in [-0.39, 0.29) is 5.54 Å². The third kappa shape index (κ3) is 4.73. The zero-order valence-corrected chi connectivity index (χ0v) is 11.7. The lowest BCUT2D eigenvalue weighted by Gasteiger charge is -2.21. The van der Waals surface area contributed by atoms with E-state index in [1.165, 1.54) is 11.3 Å². The Labute approximate surface area is 105 Å². The molecule has 17 heavy (non-hydrogen) atoms. The Morgan fingerprint density at radius 3 is 2.65 bits per heavy atom. The minimum atomic E-state index is 0.166. The molecule has 1 aromatic heterocycles. The molecule has 0 unspecified atom stereocenters. The molecule has 0 fully saturated rings. The molecule has 0 aromatic carbocycles. The van der Waals surface area contributed by atoms with Crippen molar-refractivity contribution in [3.63, 3.8) is 0 Å². The van der Waals surface area contributed by atoms with Crippen LogP contribution in [0, 0.1) is 0 Å². The van der Waals surface area contributed by atoms with Gasteiger partial charge in [-0.05, 0) is 40.2 Å². The Balaban J connectivity index is 2.73. The van der Waals surface area contributed by atoms with Gasteiger partial charge in [0, 0.05) is 18.6 Å². The molecule has 0 aliphatic carbocycles. The summed E-state index contributed by atoms with van der Waals surface area (Å²) in [6.07, 6.45) is 7.12. The number of rotatable bonds is 5. The number of imidazole rings is 1. The zero-order valence-electron chi connectivity index (χ0n) is 11.7. The van der Waals surface area contributed by atoms with Crippen molar-refractivity contribution >= 4 is 6.08 Å². The van der Waals surface area contributed by atoms with Crippen molar-refractivity contribution in [2.45, 2.75) is 53.1 Å². The van der Waals surface area contributed by atoms with Crippen LogP contribution < -0.4 is 5.32 Å². The van der Waals surface area contributed by atoms with Crippen molar-refractivity contribution in [1.82, 2.24) is 14.9 Å². The molecule has 1 heterocycles. The highest BCUT2D eigenvalue weighted by Gasteiger charge is 2.09. The lowest BCUT2D eigenvalue weighted by Crippen LogP contribution is -2.37. The normalized spacial score (nSPS) is 13.1. The highest BCUT2D eigenvalue weighted by Crippen LogP contribution is 2.10. The van der Waals surface area contributed by atoms with E-state index in [9.17, 15) is 0 Å². The molecule has 0 spiro atoms. The van der Waals surface area contributed by atoms with Crippen LogP contribution in [-0.4, -0.2) is 21.6 Å². The molecular weight excluding hydrogens is 210 g/mol. The van der Waals surface area contributed by atoms with Crippen molar-refractivity contribution in [1.29, 1.82) is 0 Å². The van der Waals surface area contributed by atoms with Crippen molar-refractivity contribution in [3.8, 4) is 0 Å². The summed E-state index contributed by atoms with van der Waals surface area (Å²) in [5, 5.41) is 3.52. The van der Waals surface area contributed by atoms with Crippen LogP contribution in [-0.2, 0) is 6.54 Å². The van der Waals surface area contributed by atoms with Crippen molar-refractivity contribution in [2.24, 2.45) is 0 Å². The minimum absolute atomic E-state index is 0.166. The summed E-state index contributed by atoms with van der Waals surface area (Å²) < 4.78 is 2.16. The third-order valence-corrected chi connectivity index (χ3v) is 2.74. The largest absolute Gasteiger partial charge is 0.331 e. The first kappa shape index (κ1) is 14.0. The van der Waals surface area contributed by atoms with Crippen LogP contribution in [0.1, 0.15) is 46.7 Å². The van der Waals surface area contributed by atoms with Gasteiger partial charge < -0.3 is 9.88 Å². The van der Waals surface area contributed by atoms with Crippen LogP contribution in [0.3, 0.4) is 0 Å². The van der Waals surface area contributed by atoms with E-state index < -0.39 is 0 Å². The van der Waals surface area contributed by atoms with Gasteiger partial charge in [0.15, 0.2) is 0 Å². The van der Waals surface area contributed by atoms with E-state index >= 15 is 0 Å². The number of hydrogen-bond donors (Lipinski definition) is 1. The van der Waals surface area contributed by atoms with Gasteiger partial charge in [0.2, 0.25) is 0 Å². The first-order valence-electron chi connectivity index (χ1n) is 6.41. The summed E-state index contributed by atoms with van der Waals surface area (Å²) in [7, 11) is 0. The minimum Gasteiger partial charge on any atom is -0.331 e. The molecule has 0 aliphatic rings. The summed E-state index contributed by atoms with van der Waals surface area (Å²) in [5.74, 6) is 0. The Morgan fingerprint density at radius 1 is 1.41 bits per heavy atom. The monoisotopic (exact) mass is 235 g/mol. The molecule has 1 N–H and O–H groups in total. The van der Waals surface area contributed by atoms with Crippen molar-refractivity contribution in [2.75, 3.05) is 6.54 Å². The maximum atomic E-state index is 4.19. The summed E-state index contributed by atoms with van der Waals surface area (Å²) in [4.78, 5) is 4.19. The van der Waals surface area contributed by atoms with Gasteiger partial charge in [0.1, 0.15) is 0 Å². The molecule has 0 saturated heterocycles. The molecule has 3 nitrogen and oxygen atoms in total. The fourth-order valence-corrected chi connectivity index (χ4v) is 1.58. The van der Waals surface area contributed by atoms with Gasteiger partial charge in [-0.1, -0.05) is 12.5 Å². The molecule has 0 atom stereocenters. The second kappa shape index (κ2) is 6.01. The Morgan fingerprint density at radius 2 is 2.12 bits per heavy atom. The van der Waals surface area contributed by atoms with Crippen molar-refractivity contribution in [3.05, 3.63) is 23.8 Å². The second-order valence-electron chi connectivity index (χ2n) is 5.36. The summed E-state index contributed by atoms with van der Waals surface area (Å²) in [6, 6.07) is 0. The van der Waals surface area contributed by atoms with Crippen molar-refractivity contribution < 1.29 is 0 Å². The molecule has 1 aromatic rings. The first-order valence-corrected chi connectivity index (χ1v) is 6.41. The van der Waals surface area contributed by atoms with E-state index in [2.05, 4.69) is 55.6 Å². The summed E-state index contributed by atoms with van der Waals surface area (Å²) in [5.41, 5.74) is 2.77. The predicted octanol–water partition coefficient (Wildman–Crippen LogP) is 3.08. The van der Waals surface area contributed by atoms with E-state index in [1.807, 2.05) is 12.5 Å². The lowest BCUT2D eigenvalue weighted by atomic mass is 10.1. The maximum absolute atomic E-state index is 4.19. The number of aromatic nitrogens is 2. The van der Waals surface area contributed by atoms with Gasteiger partial charge in [-0.3, -0.25) is 0 Å². The van der Waals surface area contributed by atoms with E-state index in [1.54, 1.807) is 0 Å². The van der Waals surface area contributed by atoms with E-state index in [0.29, 0.717) is 0 Å². The highest BCUT2D eigenvalue weighted by molar-refractivity contribution is 5.49. The van der Waals surface area contributed by atoms with E-state index in [4.69, 9.17) is 0 Å². The van der Waals surface area contributed by atoms with Gasteiger partial charge in [-0.2, -0.15) is 0 Å². The average Bonchev–Trinajstić information content (AvgIpc) is 2.70. The van der Waals surface area contributed by atoms with Gasteiger partial charge >= 0.3 is 0 Å². The topological polar surface area (TPSA) is 29.9 Å². The molecule has 1 rings (SSSR count). The molecule has 96 valence electrons. The smallest absolute Gasteiger partial charge is 0.0950 e. The average molecular weight is 235 g/mol. The molecule has 0 radical (unpaired) electrons. The number of nitrogens with one attached hydrogen (secondary N) is 1. The maximum Gasteiger partial charge on any atom is 0.0950 e. The number of aryl methyl sites for hydroxylation is 1. The van der Waals surface area contributed by atoms with Gasteiger partial charge in [-0.15, -0.1) is 0 Å². The molecule has 0 bridgehead atoms. The standard InChI is InChI=1S/C14H25N3/c1-6-12(9-16-14(3,4)5)8-13-10-15-11-17(13)7-2/h8,10-11,16H,6-7,9H2,1-5H3. The van der Waals surface area contributed by atoms with Gasteiger partial charge in [0.25, 0.3) is 0 Å². The SMILES string of the molecule is CCC(=Cc1cncn1CC)CNC(C)(C)C. The lowest BCUT2D eigenvalue weighted by molar-refractivity contribution is 0.443. The summed E-state index contributed by atoms with van der Waals surface area (Å²) in [6.45, 7) is 12.8. The number of nitrogens with zero attached hydrogens (tertiary/aromatic N) is 2. The van der Waals surface area contributed by atoms with E-state index in [0.717, 1.165) is 19.5 Å².